The number of nitrogens with one attached hydrogen (secondary N) is 1. The molecule has 1 atom stereocenters. The normalized spacial score (nSPS) is 11.5. The van der Waals surface area contributed by atoms with Gasteiger partial charge in [0.15, 0.2) is 0 Å². The van der Waals surface area contributed by atoms with Crippen molar-refractivity contribution in [2.75, 3.05) is 0 Å². The summed E-state index contributed by atoms with van der Waals surface area (Å²) in [5.41, 5.74) is -0.282. The fourth-order valence-corrected chi connectivity index (χ4v) is 1.74. The van der Waals surface area contributed by atoms with Crippen molar-refractivity contribution >= 4 is 11.9 Å². The van der Waals surface area contributed by atoms with Crippen LogP contribution in [0.4, 0.5) is 8.78 Å². The van der Waals surface area contributed by atoms with Gasteiger partial charge in [-0.25, -0.2) is 13.6 Å². The first-order valence-electron chi connectivity index (χ1n) is 6.30. The zero-order valence-electron chi connectivity index (χ0n) is 11.1. The average Bonchev–Trinajstić information content (AvgIpc) is 2.40. The maximum absolute atomic E-state index is 13.0. The minimum Gasteiger partial charge on any atom is -0.480 e. The summed E-state index contributed by atoms with van der Waals surface area (Å²) in [5.74, 6) is -3.93. The van der Waals surface area contributed by atoms with Crippen molar-refractivity contribution in [3.05, 3.63) is 35.4 Å². The van der Waals surface area contributed by atoms with Gasteiger partial charge < -0.3 is 10.4 Å². The molecule has 0 saturated carbocycles. The SMILES string of the molecule is N#CCCCC[C@@H](NC(=O)c1cc(F)cc(F)c1)C(=O)O. The molecule has 0 saturated heterocycles. The van der Waals surface area contributed by atoms with Crippen LogP contribution in [0.5, 0.6) is 0 Å². The Morgan fingerprint density at radius 1 is 1.24 bits per heavy atom. The number of halogens is 2. The van der Waals surface area contributed by atoms with Gasteiger partial charge in [0, 0.05) is 18.1 Å². The predicted molar refractivity (Wildman–Crippen MR) is 69.3 cm³/mol. The Balaban J connectivity index is 2.68. The van der Waals surface area contributed by atoms with E-state index in [1.165, 1.54) is 0 Å². The molecule has 5 nitrogen and oxygen atoms in total. The molecular weight excluding hydrogens is 282 g/mol. The molecule has 2 N–H and O–H groups in total. The van der Waals surface area contributed by atoms with Crippen molar-refractivity contribution in [2.45, 2.75) is 31.7 Å². The highest BCUT2D eigenvalue weighted by Crippen LogP contribution is 2.09. The van der Waals surface area contributed by atoms with E-state index in [0.29, 0.717) is 25.3 Å². The second-order valence-electron chi connectivity index (χ2n) is 4.43. The van der Waals surface area contributed by atoms with Gasteiger partial charge in [-0.05, 0) is 31.4 Å². The third-order valence-electron chi connectivity index (χ3n) is 2.76. The molecule has 0 aromatic heterocycles. The number of nitriles is 1. The molecule has 21 heavy (non-hydrogen) atoms. The number of carbonyl (C=O) groups is 2. The van der Waals surface area contributed by atoms with Gasteiger partial charge in [0.1, 0.15) is 17.7 Å². The van der Waals surface area contributed by atoms with Gasteiger partial charge in [-0.2, -0.15) is 5.26 Å². The average molecular weight is 296 g/mol. The molecule has 0 fully saturated rings. The standard InChI is InChI=1S/C14H14F2N2O3/c15-10-6-9(7-11(16)8-10)13(19)18-12(14(20)21)4-2-1-3-5-17/h6-8,12H,1-4H2,(H,18,19)(H,20,21)/t12-/m1/s1. The largest absolute Gasteiger partial charge is 0.480 e. The second-order valence-corrected chi connectivity index (χ2v) is 4.43. The number of benzene rings is 1. The zero-order valence-corrected chi connectivity index (χ0v) is 11.1. The second kappa shape index (κ2) is 7.94. The Kier molecular flexibility index (Phi) is 6.27. The molecule has 0 spiro atoms. The van der Waals surface area contributed by atoms with E-state index in [1.807, 2.05) is 6.07 Å². The number of hydrogen-bond donors (Lipinski definition) is 2. The molecule has 0 bridgehead atoms. The minimum atomic E-state index is -1.24. The van der Waals surface area contributed by atoms with Crippen molar-refractivity contribution in [2.24, 2.45) is 0 Å². The molecule has 0 aliphatic carbocycles. The Hall–Kier alpha value is -2.49. The number of carbonyl (C=O) groups excluding carboxylic acids is 1. The maximum atomic E-state index is 13.0. The quantitative estimate of drug-likeness (QED) is 0.755. The van der Waals surface area contributed by atoms with Crippen molar-refractivity contribution in [3.8, 4) is 6.07 Å². The summed E-state index contributed by atoms with van der Waals surface area (Å²) in [6.07, 6.45) is 1.41. The lowest BCUT2D eigenvalue weighted by Crippen LogP contribution is -2.40. The molecule has 0 unspecified atom stereocenters. The predicted octanol–water partition coefficient (Wildman–Crippen LogP) is 2.23. The monoisotopic (exact) mass is 296 g/mol. The molecule has 7 heteroatoms. The molecule has 0 aliphatic heterocycles. The molecule has 1 rings (SSSR count). The van der Waals surface area contributed by atoms with Crippen LogP contribution in [0.15, 0.2) is 18.2 Å². The van der Waals surface area contributed by atoms with E-state index in [9.17, 15) is 18.4 Å². The highest BCUT2D eigenvalue weighted by atomic mass is 19.1. The molecule has 0 radical (unpaired) electrons. The number of carboxylic acid groups (broad SMARTS) is 1. The van der Waals surface area contributed by atoms with Crippen molar-refractivity contribution in [1.29, 1.82) is 5.26 Å². The summed E-state index contributed by atoms with van der Waals surface area (Å²) in [5, 5.41) is 19.6. The summed E-state index contributed by atoms with van der Waals surface area (Å²) in [4.78, 5) is 22.8. The lowest BCUT2D eigenvalue weighted by molar-refractivity contribution is -0.139. The molecular formula is C14H14F2N2O3. The summed E-state index contributed by atoms with van der Waals surface area (Å²) in [6.45, 7) is 0. The molecule has 1 aromatic rings. The van der Waals surface area contributed by atoms with Crippen LogP contribution in [-0.2, 0) is 4.79 Å². The van der Waals surface area contributed by atoms with E-state index in [-0.39, 0.29) is 12.0 Å². The Bertz CT molecular complexity index is 550. The highest BCUT2D eigenvalue weighted by molar-refractivity contribution is 5.96. The smallest absolute Gasteiger partial charge is 0.326 e. The van der Waals surface area contributed by atoms with Gasteiger partial charge in [0.05, 0.1) is 6.07 Å². The van der Waals surface area contributed by atoms with Gasteiger partial charge in [0.25, 0.3) is 5.91 Å². The molecule has 1 amide bonds. The van der Waals surface area contributed by atoms with Crippen molar-refractivity contribution in [1.82, 2.24) is 5.32 Å². The third kappa shape index (κ3) is 5.57. The number of hydrogen-bond acceptors (Lipinski definition) is 3. The summed E-state index contributed by atoms with van der Waals surface area (Å²) >= 11 is 0. The fraction of sp³-hybridized carbons (Fsp3) is 0.357. The van der Waals surface area contributed by atoms with E-state index < -0.39 is 29.6 Å². The van der Waals surface area contributed by atoms with Crippen LogP contribution in [-0.4, -0.2) is 23.0 Å². The topological polar surface area (TPSA) is 90.2 Å². The van der Waals surface area contributed by atoms with Crippen LogP contribution in [0.25, 0.3) is 0 Å². The summed E-state index contributed by atoms with van der Waals surface area (Å²) in [6, 6.07) is 3.04. The van der Waals surface area contributed by atoms with Crippen LogP contribution in [0.3, 0.4) is 0 Å². The first-order chi connectivity index (χ1) is 9.93. The number of unbranched alkanes of at least 4 members (excludes halogenated alkanes) is 2. The number of amides is 1. The first-order valence-corrected chi connectivity index (χ1v) is 6.30. The number of nitrogens with zero attached hydrogens (tertiary/aromatic N) is 1. The van der Waals surface area contributed by atoms with Crippen LogP contribution in [0.2, 0.25) is 0 Å². The van der Waals surface area contributed by atoms with Gasteiger partial charge in [-0.3, -0.25) is 4.79 Å². The third-order valence-corrected chi connectivity index (χ3v) is 2.76. The zero-order chi connectivity index (χ0) is 15.8. The maximum Gasteiger partial charge on any atom is 0.326 e. The van der Waals surface area contributed by atoms with E-state index in [1.54, 1.807) is 0 Å². The summed E-state index contributed by atoms with van der Waals surface area (Å²) < 4.78 is 26.0. The van der Waals surface area contributed by atoms with E-state index in [0.717, 1.165) is 12.1 Å². The lowest BCUT2D eigenvalue weighted by Gasteiger charge is -2.14. The number of aliphatic carboxylic acids is 1. The van der Waals surface area contributed by atoms with E-state index in [4.69, 9.17) is 10.4 Å². The number of carboxylic acids is 1. The highest BCUT2D eigenvalue weighted by Gasteiger charge is 2.20. The van der Waals surface area contributed by atoms with Crippen LogP contribution in [0.1, 0.15) is 36.0 Å². The Morgan fingerprint density at radius 3 is 2.38 bits per heavy atom. The molecule has 112 valence electrons. The van der Waals surface area contributed by atoms with E-state index >= 15 is 0 Å². The van der Waals surface area contributed by atoms with Gasteiger partial charge in [0.2, 0.25) is 0 Å². The molecule has 0 heterocycles. The Morgan fingerprint density at radius 2 is 1.86 bits per heavy atom. The van der Waals surface area contributed by atoms with Crippen molar-refractivity contribution < 1.29 is 23.5 Å². The molecule has 1 aromatic carbocycles. The Labute approximate surface area is 120 Å². The van der Waals surface area contributed by atoms with E-state index in [2.05, 4.69) is 5.32 Å². The summed E-state index contributed by atoms with van der Waals surface area (Å²) in [7, 11) is 0. The fourth-order valence-electron chi connectivity index (χ4n) is 1.74. The van der Waals surface area contributed by atoms with Crippen molar-refractivity contribution in [3.63, 3.8) is 0 Å². The van der Waals surface area contributed by atoms with Crippen LogP contribution >= 0.6 is 0 Å². The number of rotatable bonds is 7. The molecule has 0 aliphatic rings. The lowest BCUT2D eigenvalue weighted by atomic mass is 10.1. The minimum absolute atomic E-state index is 0.139. The first kappa shape index (κ1) is 16.6. The van der Waals surface area contributed by atoms with Gasteiger partial charge in [-0.1, -0.05) is 0 Å². The van der Waals surface area contributed by atoms with Crippen LogP contribution in [0, 0.1) is 23.0 Å². The van der Waals surface area contributed by atoms with Gasteiger partial charge in [-0.15, -0.1) is 0 Å². The van der Waals surface area contributed by atoms with Gasteiger partial charge >= 0.3 is 5.97 Å². The van der Waals surface area contributed by atoms with Crippen LogP contribution < -0.4 is 5.32 Å².